The molecule has 0 amide bonds. The predicted molar refractivity (Wildman–Crippen MR) is 78.8 cm³/mol. The van der Waals surface area contributed by atoms with Crippen LogP contribution in [0.15, 0.2) is 47.4 Å². The van der Waals surface area contributed by atoms with Gasteiger partial charge in [0.25, 0.3) is 0 Å². The first-order valence-electron chi connectivity index (χ1n) is 5.88. The zero-order chi connectivity index (χ0) is 13.8. The summed E-state index contributed by atoms with van der Waals surface area (Å²) in [7, 11) is 0. The van der Waals surface area contributed by atoms with Crippen molar-refractivity contribution in [2.45, 2.75) is 6.61 Å². The minimum absolute atomic E-state index is 0.207. The largest absolute Gasteiger partial charge is 0.456 e. The van der Waals surface area contributed by atoms with E-state index in [0.717, 1.165) is 15.4 Å². The first-order chi connectivity index (χ1) is 9.83. The lowest BCUT2D eigenvalue weighted by molar-refractivity contribution is 0.0466. The Balaban J connectivity index is 1.66. The highest BCUT2D eigenvalue weighted by Crippen LogP contribution is 2.27. The molecule has 100 valence electrons. The molecular formula is C14H10N2O2S2. The molecule has 0 aromatic carbocycles. The zero-order valence-corrected chi connectivity index (χ0v) is 12.0. The maximum absolute atomic E-state index is 11.9. The Morgan fingerprint density at radius 3 is 2.95 bits per heavy atom. The first-order valence-corrected chi connectivity index (χ1v) is 7.64. The summed E-state index contributed by atoms with van der Waals surface area (Å²) in [5, 5.41) is 4.55. The molecule has 0 aliphatic heterocycles. The topological polar surface area (TPSA) is 52.1 Å². The SMILES string of the molecule is O=C(OCc1cccnc1)c1csc(-c2cccs2)n1. The van der Waals surface area contributed by atoms with E-state index in [1.54, 1.807) is 35.2 Å². The fourth-order valence-electron chi connectivity index (χ4n) is 1.59. The first kappa shape index (κ1) is 13.0. The predicted octanol–water partition coefficient (Wildman–Crippen LogP) is 3.62. The Labute approximate surface area is 123 Å². The summed E-state index contributed by atoms with van der Waals surface area (Å²) < 4.78 is 5.21. The van der Waals surface area contributed by atoms with Gasteiger partial charge in [-0.15, -0.1) is 22.7 Å². The number of thiazole rings is 1. The Bertz CT molecular complexity index is 693. The number of ether oxygens (including phenoxy) is 1. The molecule has 6 heteroatoms. The number of pyridine rings is 1. The summed E-state index contributed by atoms with van der Waals surface area (Å²) in [5.41, 5.74) is 1.21. The van der Waals surface area contributed by atoms with E-state index in [4.69, 9.17) is 4.74 Å². The lowest BCUT2D eigenvalue weighted by Gasteiger charge is -2.01. The van der Waals surface area contributed by atoms with Gasteiger partial charge in [-0.2, -0.15) is 0 Å². The quantitative estimate of drug-likeness (QED) is 0.691. The second-order valence-electron chi connectivity index (χ2n) is 3.95. The van der Waals surface area contributed by atoms with Crippen LogP contribution in [0.25, 0.3) is 9.88 Å². The third kappa shape index (κ3) is 2.92. The number of aromatic nitrogens is 2. The van der Waals surface area contributed by atoms with E-state index in [9.17, 15) is 4.79 Å². The van der Waals surface area contributed by atoms with E-state index in [-0.39, 0.29) is 6.61 Å². The average Bonchev–Trinajstić information content (AvgIpc) is 3.16. The normalized spacial score (nSPS) is 10.4. The molecule has 3 heterocycles. The Morgan fingerprint density at radius 1 is 1.25 bits per heavy atom. The van der Waals surface area contributed by atoms with Gasteiger partial charge in [0.15, 0.2) is 5.69 Å². The van der Waals surface area contributed by atoms with E-state index < -0.39 is 5.97 Å². The second kappa shape index (κ2) is 5.94. The summed E-state index contributed by atoms with van der Waals surface area (Å²) in [4.78, 5) is 21.2. The molecule has 0 aliphatic rings. The number of nitrogens with zero attached hydrogens (tertiary/aromatic N) is 2. The van der Waals surface area contributed by atoms with E-state index >= 15 is 0 Å². The van der Waals surface area contributed by atoms with Crippen LogP contribution in [-0.4, -0.2) is 15.9 Å². The molecule has 3 aromatic heterocycles. The molecule has 0 unspecified atom stereocenters. The maximum atomic E-state index is 11.9. The van der Waals surface area contributed by atoms with E-state index in [1.807, 2.05) is 23.6 Å². The maximum Gasteiger partial charge on any atom is 0.358 e. The highest BCUT2D eigenvalue weighted by Gasteiger charge is 2.13. The molecule has 0 saturated heterocycles. The fraction of sp³-hybridized carbons (Fsp3) is 0.0714. The van der Waals surface area contributed by atoms with Gasteiger partial charge in [0.2, 0.25) is 0 Å². The van der Waals surface area contributed by atoms with Crippen LogP contribution < -0.4 is 0 Å². The van der Waals surface area contributed by atoms with Crippen LogP contribution in [0.2, 0.25) is 0 Å². The molecule has 0 fully saturated rings. The van der Waals surface area contributed by atoms with Gasteiger partial charge in [-0.25, -0.2) is 9.78 Å². The van der Waals surface area contributed by atoms with Crippen LogP contribution in [0.5, 0.6) is 0 Å². The van der Waals surface area contributed by atoms with Gasteiger partial charge >= 0.3 is 5.97 Å². The lowest BCUT2D eigenvalue weighted by atomic mass is 10.3. The molecule has 0 saturated carbocycles. The molecule has 4 nitrogen and oxygen atoms in total. The lowest BCUT2D eigenvalue weighted by Crippen LogP contribution is -2.05. The molecule has 20 heavy (non-hydrogen) atoms. The van der Waals surface area contributed by atoms with Gasteiger partial charge in [0.05, 0.1) is 4.88 Å². The third-order valence-corrected chi connectivity index (χ3v) is 4.42. The van der Waals surface area contributed by atoms with Crippen molar-refractivity contribution in [3.05, 3.63) is 58.7 Å². The monoisotopic (exact) mass is 302 g/mol. The van der Waals surface area contributed by atoms with Gasteiger partial charge in [-0.3, -0.25) is 4.98 Å². The summed E-state index contributed by atoms with van der Waals surface area (Å²) in [6.07, 6.45) is 3.35. The minimum atomic E-state index is -0.409. The van der Waals surface area contributed by atoms with Crippen molar-refractivity contribution >= 4 is 28.6 Å². The average molecular weight is 302 g/mol. The van der Waals surface area contributed by atoms with Crippen LogP contribution in [0.1, 0.15) is 16.1 Å². The highest BCUT2D eigenvalue weighted by atomic mass is 32.1. The van der Waals surface area contributed by atoms with Gasteiger partial charge in [0.1, 0.15) is 11.6 Å². The second-order valence-corrected chi connectivity index (χ2v) is 5.76. The molecule has 0 radical (unpaired) electrons. The number of thiophene rings is 1. The van der Waals surface area contributed by atoms with Crippen LogP contribution in [0, 0.1) is 0 Å². The molecule has 0 bridgehead atoms. The van der Waals surface area contributed by atoms with Crippen molar-refractivity contribution in [1.82, 2.24) is 9.97 Å². The van der Waals surface area contributed by atoms with Crippen LogP contribution in [0.4, 0.5) is 0 Å². The van der Waals surface area contributed by atoms with Crippen molar-refractivity contribution in [2.24, 2.45) is 0 Å². The molecule has 3 rings (SSSR count). The number of rotatable bonds is 4. The van der Waals surface area contributed by atoms with Gasteiger partial charge in [-0.1, -0.05) is 12.1 Å². The van der Waals surface area contributed by atoms with Gasteiger partial charge in [0, 0.05) is 23.3 Å². The van der Waals surface area contributed by atoms with Crippen molar-refractivity contribution < 1.29 is 9.53 Å². The van der Waals surface area contributed by atoms with Gasteiger partial charge in [-0.05, 0) is 17.5 Å². The van der Waals surface area contributed by atoms with Gasteiger partial charge < -0.3 is 4.74 Å². The molecule has 0 atom stereocenters. The molecule has 0 aliphatic carbocycles. The smallest absolute Gasteiger partial charge is 0.358 e. The van der Waals surface area contributed by atoms with Crippen molar-refractivity contribution in [3.8, 4) is 9.88 Å². The van der Waals surface area contributed by atoms with Crippen molar-refractivity contribution in [2.75, 3.05) is 0 Å². The number of carbonyl (C=O) groups excluding carboxylic acids is 1. The summed E-state index contributed by atoms with van der Waals surface area (Å²) in [6.45, 7) is 0.207. The molecule has 0 N–H and O–H groups in total. The zero-order valence-electron chi connectivity index (χ0n) is 10.4. The van der Waals surface area contributed by atoms with E-state index in [0.29, 0.717) is 5.69 Å². The van der Waals surface area contributed by atoms with E-state index in [1.165, 1.54) is 11.3 Å². The van der Waals surface area contributed by atoms with Crippen molar-refractivity contribution in [3.63, 3.8) is 0 Å². The molecule has 0 spiro atoms. The standard InChI is InChI=1S/C14H10N2O2S2/c17-14(18-8-10-3-1-5-15-7-10)11-9-20-13(16-11)12-4-2-6-19-12/h1-7,9H,8H2. The Morgan fingerprint density at radius 2 is 2.20 bits per heavy atom. The summed E-state index contributed by atoms with van der Waals surface area (Å²) in [6, 6.07) is 7.61. The number of esters is 1. The molecular weight excluding hydrogens is 292 g/mol. The molecule has 3 aromatic rings. The van der Waals surface area contributed by atoms with Crippen molar-refractivity contribution in [1.29, 1.82) is 0 Å². The number of hydrogen-bond donors (Lipinski definition) is 0. The van der Waals surface area contributed by atoms with Crippen LogP contribution in [-0.2, 0) is 11.3 Å². The minimum Gasteiger partial charge on any atom is -0.456 e. The summed E-state index contributed by atoms with van der Waals surface area (Å²) >= 11 is 3.04. The Kier molecular flexibility index (Phi) is 3.85. The fourth-order valence-corrected chi connectivity index (χ4v) is 3.19. The third-order valence-electron chi connectivity index (χ3n) is 2.54. The van der Waals surface area contributed by atoms with Crippen LogP contribution in [0.3, 0.4) is 0 Å². The number of carbonyl (C=O) groups is 1. The number of hydrogen-bond acceptors (Lipinski definition) is 6. The highest BCUT2D eigenvalue weighted by molar-refractivity contribution is 7.20. The Hall–Kier alpha value is -2.05. The van der Waals surface area contributed by atoms with E-state index in [2.05, 4.69) is 9.97 Å². The summed E-state index contributed by atoms with van der Waals surface area (Å²) in [5.74, 6) is -0.409. The van der Waals surface area contributed by atoms with Crippen LogP contribution >= 0.6 is 22.7 Å².